The Kier molecular flexibility index (Phi) is 4.40. The summed E-state index contributed by atoms with van der Waals surface area (Å²) in [7, 11) is -1.63. The van der Waals surface area contributed by atoms with E-state index in [0.29, 0.717) is 32.3 Å². The second-order valence-corrected chi connectivity index (χ2v) is 7.27. The summed E-state index contributed by atoms with van der Waals surface area (Å²) >= 11 is 0. The Morgan fingerprint density at radius 2 is 1.94 bits per heavy atom. The minimum absolute atomic E-state index is 0.0193. The zero-order valence-electron chi connectivity index (χ0n) is 10.8. The van der Waals surface area contributed by atoms with Crippen LogP contribution in [-0.2, 0) is 19.6 Å². The molecule has 0 amide bonds. The smallest absolute Gasteiger partial charge is 0.216 e. The number of carbonyl (C=O) groups excluding carboxylic acids is 1. The van der Waals surface area contributed by atoms with E-state index in [-0.39, 0.29) is 23.7 Å². The molecule has 2 rings (SSSR count). The quantitative estimate of drug-likeness (QED) is 0.766. The lowest BCUT2D eigenvalue weighted by Gasteiger charge is -2.30. The van der Waals surface area contributed by atoms with Gasteiger partial charge >= 0.3 is 0 Å². The highest BCUT2D eigenvalue weighted by atomic mass is 32.2. The maximum Gasteiger partial charge on any atom is 0.216 e. The van der Waals surface area contributed by atoms with Crippen molar-refractivity contribution in [2.24, 2.45) is 0 Å². The molecule has 1 saturated carbocycles. The van der Waals surface area contributed by atoms with E-state index in [1.165, 1.54) is 4.31 Å². The average molecular weight is 275 g/mol. The lowest BCUT2D eigenvalue weighted by molar-refractivity contribution is -0.120. The monoisotopic (exact) mass is 275 g/mol. The molecule has 0 radical (unpaired) electrons. The number of ketones is 1. The molecule has 0 spiro atoms. The molecular weight excluding hydrogens is 254 g/mol. The molecule has 2 aliphatic rings. The van der Waals surface area contributed by atoms with Gasteiger partial charge < -0.3 is 4.74 Å². The minimum atomic E-state index is -3.26. The van der Waals surface area contributed by atoms with Crippen molar-refractivity contribution >= 4 is 15.8 Å². The van der Waals surface area contributed by atoms with E-state index in [0.717, 1.165) is 12.8 Å². The summed E-state index contributed by atoms with van der Waals surface area (Å²) in [6.45, 7) is 0.668. The molecule has 0 aromatic rings. The minimum Gasteiger partial charge on any atom is -0.377 e. The van der Waals surface area contributed by atoms with Crippen LogP contribution in [0.2, 0.25) is 0 Å². The Morgan fingerprint density at radius 1 is 1.28 bits per heavy atom. The number of carbonyl (C=O) groups is 1. The van der Waals surface area contributed by atoms with Crippen LogP contribution in [0.3, 0.4) is 0 Å². The molecule has 6 heteroatoms. The van der Waals surface area contributed by atoms with Gasteiger partial charge in [-0.3, -0.25) is 4.79 Å². The number of hydrogen-bond donors (Lipinski definition) is 0. The van der Waals surface area contributed by atoms with Crippen LogP contribution in [0.4, 0.5) is 0 Å². The van der Waals surface area contributed by atoms with E-state index < -0.39 is 10.0 Å². The third-order valence-corrected chi connectivity index (χ3v) is 5.86. The van der Waals surface area contributed by atoms with Crippen LogP contribution in [0.5, 0.6) is 0 Å². The van der Waals surface area contributed by atoms with Gasteiger partial charge in [-0.25, -0.2) is 12.7 Å². The van der Waals surface area contributed by atoms with Gasteiger partial charge in [0.2, 0.25) is 10.0 Å². The van der Waals surface area contributed by atoms with Gasteiger partial charge in [0.1, 0.15) is 5.78 Å². The third-order valence-electron chi connectivity index (χ3n) is 3.89. The lowest BCUT2D eigenvalue weighted by atomic mass is 9.95. The van der Waals surface area contributed by atoms with Gasteiger partial charge in [-0.05, 0) is 25.7 Å². The maximum atomic E-state index is 12.2. The molecule has 1 atom stereocenters. The van der Waals surface area contributed by atoms with Crippen molar-refractivity contribution in [3.63, 3.8) is 0 Å². The predicted molar refractivity (Wildman–Crippen MR) is 67.8 cm³/mol. The molecule has 104 valence electrons. The Labute approximate surface area is 109 Å². The van der Waals surface area contributed by atoms with E-state index in [2.05, 4.69) is 0 Å². The molecule has 1 unspecified atom stereocenters. The van der Waals surface area contributed by atoms with Gasteiger partial charge in [0, 0.05) is 32.5 Å². The third kappa shape index (κ3) is 3.30. The Balaban J connectivity index is 1.93. The summed E-state index contributed by atoms with van der Waals surface area (Å²) in [4.78, 5) is 11.2. The number of Topliss-reactive ketones (excluding diaryl/α,β-unsaturated/α-hetero) is 1. The van der Waals surface area contributed by atoms with Crippen LogP contribution >= 0.6 is 0 Å². The second kappa shape index (κ2) is 5.67. The van der Waals surface area contributed by atoms with E-state index >= 15 is 0 Å². The first-order chi connectivity index (χ1) is 8.49. The van der Waals surface area contributed by atoms with Crippen LogP contribution in [0, 0.1) is 0 Å². The van der Waals surface area contributed by atoms with E-state index in [4.69, 9.17) is 4.74 Å². The van der Waals surface area contributed by atoms with Crippen molar-refractivity contribution in [2.45, 2.75) is 50.7 Å². The summed E-state index contributed by atoms with van der Waals surface area (Å²) in [5, 5.41) is 0. The van der Waals surface area contributed by atoms with Crippen molar-refractivity contribution < 1.29 is 17.9 Å². The van der Waals surface area contributed by atoms with Gasteiger partial charge in [0.25, 0.3) is 0 Å². The maximum absolute atomic E-state index is 12.2. The molecule has 1 aliphatic carbocycles. The molecule has 2 fully saturated rings. The van der Waals surface area contributed by atoms with Gasteiger partial charge in [-0.1, -0.05) is 0 Å². The molecule has 1 aliphatic heterocycles. The van der Waals surface area contributed by atoms with Crippen LogP contribution < -0.4 is 0 Å². The molecular formula is C12H21NO4S. The van der Waals surface area contributed by atoms with Gasteiger partial charge in [0.15, 0.2) is 0 Å². The first-order valence-corrected chi connectivity index (χ1v) is 8.19. The topological polar surface area (TPSA) is 63.7 Å². The molecule has 5 nitrogen and oxygen atoms in total. The van der Waals surface area contributed by atoms with Gasteiger partial charge in [0.05, 0.1) is 11.9 Å². The zero-order valence-corrected chi connectivity index (χ0v) is 11.6. The van der Waals surface area contributed by atoms with Crippen LogP contribution in [-0.4, -0.2) is 50.1 Å². The number of hydrogen-bond acceptors (Lipinski definition) is 4. The Bertz CT molecular complexity index is 390. The lowest BCUT2D eigenvalue weighted by Crippen LogP contribution is -2.42. The van der Waals surface area contributed by atoms with Crippen molar-refractivity contribution in [1.29, 1.82) is 0 Å². The van der Waals surface area contributed by atoms with Crippen molar-refractivity contribution in [3.05, 3.63) is 0 Å². The molecule has 1 saturated heterocycles. The highest BCUT2D eigenvalue weighted by Gasteiger charge is 2.32. The first kappa shape index (κ1) is 14.0. The molecule has 0 aromatic heterocycles. The van der Waals surface area contributed by atoms with E-state index in [1.807, 2.05) is 0 Å². The predicted octanol–water partition coefficient (Wildman–Crippen LogP) is 0.939. The fourth-order valence-electron chi connectivity index (χ4n) is 2.64. The molecule has 18 heavy (non-hydrogen) atoms. The summed E-state index contributed by atoms with van der Waals surface area (Å²) in [5.74, 6) is 0.324. The number of nitrogens with zero attached hydrogens (tertiary/aromatic N) is 1. The molecule has 1 heterocycles. The SMILES string of the molecule is CN(C1CCC(=O)CC1)S(=O)(=O)CC1CCCO1. The average Bonchev–Trinajstić information content (AvgIpc) is 2.81. The van der Waals surface area contributed by atoms with E-state index in [9.17, 15) is 13.2 Å². The fraction of sp³-hybridized carbons (Fsp3) is 0.917. The fourth-order valence-corrected chi connectivity index (χ4v) is 4.28. The summed E-state index contributed by atoms with van der Waals surface area (Å²) in [6.07, 6.45) is 3.94. The Morgan fingerprint density at radius 3 is 2.50 bits per heavy atom. The number of rotatable bonds is 4. The van der Waals surface area contributed by atoms with Crippen LogP contribution in [0.1, 0.15) is 38.5 Å². The standard InChI is InChI=1S/C12H21NO4S/c1-13(10-4-6-11(14)7-5-10)18(15,16)9-12-3-2-8-17-12/h10,12H,2-9H2,1H3. The van der Waals surface area contributed by atoms with Crippen LogP contribution in [0.15, 0.2) is 0 Å². The largest absolute Gasteiger partial charge is 0.377 e. The Hall–Kier alpha value is -0.460. The molecule has 0 N–H and O–H groups in total. The van der Waals surface area contributed by atoms with Crippen molar-refractivity contribution in [3.8, 4) is 0 Å². The van der Waals surface area contributed by atoms with E-state index in [1.54, 1.807) is 7.05 Å². The van der Waals surface area contributed by atoms with Gasteiger partial charge in [-0.15, -0.1) is 0 Å². The summed E-state index contributed by atoms with van der Waals surface area (Å²) < 4.78 is 31.3. The number of sulfonamides is 1. The van der Waals surface area contributed by atoms with Crippen molar-refractivity contribution in [1.82, 2.24) is 4.31 Å². The van der Waals surface area contributed by atoms with Gasteiger partial charge in [-0.2, -0.15) is 0 Å². The molecule has 0 aromatic carbocycles. The molecule has 0 bridgehead atoms. The highest BCUT2D eigenvalue weighted by Crippen LogP contribution is 2.23. The highest BCUT2D eigenvalue weighted by molar-refractivity contribution is 7.89. The zero-order chi connectivity index (χ0) is 13.2. The first-order valence-electron chi connectivity index (χ1n) is 6.58. The van der Waals surface area contributed by atoms with Crippen LogP contribution in [0.25, 0.3) is 0 Å². The normalized spacial score (nSPS) is 27.0. The summed E-state index contributed by atoms with van der Waals surface area (Å²) in [6, 6.07) is -0.0193. The number of ether oxygens (including phenoxy) is 1. The van der Waals surface area contributed by atoms with Crippen molar-refractivity contribution in [2.75, 3.05) is 19.4 Å². The summed E-state index contributed by atoms with van der Waals surface area (Å²) in [5.41, 5.74) is 0. The second-order valence-electron chi connectivity index (χ2n) is 5.20.